The number of carbonyl (C=O) groups excluding carboxylic acids is 1. The van der Waals surface area contributed by atoms with Gasteiger partial charge in [-0.15, -0.1) is 0 Å². The van der Waals surface area contributed by atoms with Crippen LogP contribution in [0.5, 0.6) is 5.75 Å². The summed E-state index contributed by atoms with van der Waals surface area (Å²) in [5.74, 6) is 0.930. The van der Waals surface area contributed by atoms with Gasteiger partial charge in [0.15, 0.2) is 15.9 Å². The van der Waals surface area contributed by atoms with Crippen molar-refractivity contribution in [3.63, 3.8) is 0 Å². The summed E-state index contributed by atoms with van der Waals surface area (Å²) in [7, 11) is -3.13. The fourth-order valence-corrected chi connectivity index (χ4v) is 5.28. The Bertz CT molecular complexity index is 932. The molecule has 0 radical (unpaired) electrons. The van der Waals surface area contributed by atoms with Gasteiger partial charge in [-0.1, -0.05) is 11.6 Å². The van der Waals surface area contributed by atoms with E-state index in [-0.39, 0.29) is 30.0 Å². The summed E-state index contributed by atoms with van der Waals surface area (Å²) in [5.41, 5.74) is 1.73. The number of carbonyl (C=O) groups is 1. The van der Waals surface area contributed by atoms with Gasteiger partial charge in [0.2, 0.25) is 0 Å². The van der Waals surface area contributed by atoms with Gasteiger partial charge < -0.3 is 14.1 Å². The predicted molar refractivity (Wildman–Crippen MR) is 107 cm³/mol. The third kappa shape index (κ3) is 4.70. The van der Waals surface area contributed by atoms with Crippen molar-refractivity contribution in [1.29, 1.82) is 0 Å². The molecule has 2 heterocycles. The predicted octanol–water partition coefficient (Wildman–Crippen LogP) is 3.53. The highest BCUT2D eigenvalue weighted by molar-refractivity contribution is 7.91. The summed E-state index contributed by atoms with van der Waals surface area (Å²) in [6.45, 7) is 5.63. The van der Waals surface area contributed by atoms with Gasteiger partial charge in [0.05, 0.1) is 24.3 Å². The van der Waals surface area contributed by atoms with Crippen LogP contribution in [-0.2, 0) is 21.2 Å². The van der Waals surface area contributed by atoms with E-state index in [1.165, 1.54) is 6.26 Å². The summed E-state index contributed by atoms with van der Waals surface area (Å²) in [6.07, 6.45) is 1.17. The fraction of sp³-hybridized carbons (Fsp3) is 0.450. The van der Waals surface area contributed by atoms with Crippen LogP contribution < -0.4 is 4.74 Å². The Morgan fingerprint density at radius 1 is 1.36 bits per heavy atom. The SMILES string of the molecule is Cc1cc(O[C@H](C)C(=O)N(Cc2ccco2)[C@@H]2CCS(=O)(=O)C2)cc(C)c1Cl. The number of sulfone groups is 1. The topological polar surface area (TPSA) is 76.8 Å². The monoisotopic (exact) mass is 425 g/mol. The second kappa shape index (κ2) is 8.17. The smallest absolute Gasteiger partial charge is 0.264 e. The molecule has 0 spiro atoms. The first-order valence-corrected chi connectivity index (χ1v) is 11.3. The zero-order valence-corrected chi connectivity index (χ0v) is 17.7. The quantitative estimate of drug-likeness (QED) is 0.707. The standard InChI is InChI=1S/C20H24ClNO5S/c1-13-9-18(10-14(2)19(13)21)27-15(3)20(23)22(11-17-5-4-7-26-17)16-6-8-28(24,25)12-16/h4-5,7,9-10,15-16H,6,8,11-12H2,1-3H3/t15-,16-/m1/s1. The molecule has 1 saturated heterocycles. The van der Waals surface area contributed by atoms with Crippen molar-refractivity contribution in [3.8, 4) is 5.75 Å². The molecule has 0 saturated carbocycles. The molecule has 1 aliphatic heterocycles. The van der Waals surface area contributed by atoms with E-state index in [1.807, 2.05) is 13.8 Å². The third-order valence-electron chi connectivity index (χ3n) is 4.91. The number of hydrogen-bond acceptors (Lipinski definition) is 5. The van der Waals surface area contributed by atoms with Crippen LogP contribution >= 0.6 is 11.6 Å². The fourth-order valence-electron chi connectivity index (χ4n) is 3.44. The number of hydrogen-bond donors (Lipinski definition) is 0. The number of furan rings is 1. The van der Waals surface area contributed by atoms with E-state index in [9.17, 15) is 13.2 Å². The average molecular weight is 426 g/mol. The van der Waals surface area contributed by atoms with Crippen molar-refractivity contribution < 1.29 is 22.4 Å². The van der Waals surface area contributed by atoms with E-state index in [0.717, 1.165) is 11.1 Å². The molecule has 2 atom stereocenters. The number of amides is 1. The second-order valence-electron chi connectivity index (χ2n) is 7.23. The van der Waals surface area contributed by atoms with Crippen molar-refractivity contribution in [1.82, 2.24) is 4.90 Å². The summed E-state index contributed by atoms with van der Waals surface area (Å²) in [5, 5.41) is 0.668. The average Bonchev–Trinajstić information content (AvgIpc) is 3.26. The van der Waals surface area contributed by atoms with E-state index >= 15 is 0 Å². The molecule has 8 heteroatoms. The normalized spacial score (nSPS) is 19.4. The summed E-state index contributed by atoms with van der Waals surface area (Å²) >= 11 is 6.19. The van der Waals surface area contributed by atoms with Gasteiger partial charge in [0, 0.05) is 11.1 Å². The Balaban J connectivity index is 1.79. The Kier molecular flexibility index (Phi) is 6.05. The zero-order valence-electron chi connectivity index (χ0n) is 16.1. The van der Waals surface area contributed by atoms with Crippen molar-refractivity contribution in [3.05, 3.63) is 52.4 Å². The van der Waals surface area contributed by atoms with Gasteiger partial charge in [-0.3, -0.25) is 4.79 Å². The first kappa shape index (κ1) is 20.7. The van der Waals surface area contributed by atoms with Gasteiger partial charge >= 0.3 is 0 Å². The maximum atomic E-state index is 13.1. The Morgan fingerprint density at radius 2 is 2.04 bits per heavy atom. The third-order valence-corrected chi connectivity index (χ3v) is 7.26. The van der Waals surface area contributed by atoms with Gasteiger partial charge in [-0.25, -0.2) is 8.42 Å². The molecule has 2 aromatic rings. The number of nitrogens with zero attached hydrogens (tertiary/aromatic N) is 1. The minimum absolute atomic E-state index is 0.0364. The van der Waals surface area contributed by atoms with E-state index in [2.05, 4.69) is 0 Å². The number of aryl methyl sites for hydroxylation is 2. The van der Waals surface area contributed by atoms with Crippen LogP contribution in [0.1, 0.15) is 30.2 Å². The molecule has 1 amide bonds. The van der Waals surface area contributed by atoms with Crippen LogP contribution in [0.3, 0.4) is 0 Å². The Morgan fingerprint density at radius 3 is 2.57 bits per heavy atom. The summed E-state index contributed by atoms with van der Waals surface area (Å²) in [6, 6.07) is 6.69. The lowest BCUT2D eigenvalue weighted by Gasteiger charge is -2.30. The molecule has 1 fully saturated rings. The first-order valence-electron chi connectivity index (χ1n) is 9.13. The van der Waals surface area contributed by atoms with Crippen molar-refractivity contribution in [2.45, 2.75) is 45.9 Å². The largest absolute Gasteiger partial charge is 0.481 e. The molecule has 1 aliphatic rings. The lowest BCUT2D eigenvalue weighted by Crippen LogP contribution is -2.46. The van der Waals surface area contributed by atoms with E-state index in [4.69, 9.17) is 20.8 Å². The van der Waals surface area contributed by atoms with Crippen LogP contribution in [0, 0.1) is 13.8 Å². The van der Waals surface area contributed by atoms with Crippen LogP contribution in [0.4, 0.5) is 0 Å². The summed E-state index contributed by atoms with van der Waals surface area (Å²) in [4.78, 5) is 14.7. The van der Waals surface area contributed by atoms with Crippen molar-refractivity contribution >= 4 is 27.3 Å². The van der Waals surface area contributed by atoms with E-state index in [1.54, 1.807) is 36.1 Å². The van der Waals surface area contributed by atoms with Gasteiger partial charge in [0.25, 0.3) is 5.91 Å². The molecular formula is C20H24ClNO5S. The number of halogens is 1. The Hall–Kier alpha value is -1.99. The lowest BCUT2D eigenvalue weighted by molar-refractivity contribution is -0.140. The van der Waals surface area contributed by atoms with E-state index < -0.39 is 15.9 Å². The molecule has 0 aliphatic carbocycles. The highest BCUT2D eigenvalue weighted by Gasteiger charge is 2.37. The molecule has 0 bridgehead atoms. The van der Waals surface area contributed by atoms with Gasteiger partial charge in [-0.2, -0.15) is 0 Å². The molecule has 28 heavy (non-hydrogen) atoms. The van der Waals surface area contributed by atoms with Crippen molar-refractivity contribution in [2.24, 2.45) is 0 Å². The molecule has 152 valence electrons. The number of benzene rings is 1. The van der Waals surface area contributed by atoms with Gasteiger partial charge in [-0.05, 0) is 62.6 Å². The molecule has 3 rings (SSSR count). The Labute approximate surface area is 170 Å². The van der Waals surface area contributed by atoms with Gasteiger partial charge in [0.1, 0.15) is 11.5 Å². The minimum Gasteiger partial charge on any atom is -0.481 e. The maximum Gasteiger partial charge on any atom is 0.264 e. The molecule has 1 aromatic carbocycles. The number of rotatable bonds is 6. The van der Waals surface area contributed by atoms with Crippen LogP contribution in [-0.4, -0.2) is 42.9 Å². The zero-order chi connectivity index (χ0) is 20.5. The lowest BCUT2D eigenvalue weighted by atomic mass is 10.1. The molecule has 0 N–H and O–H groups in total. The maximum absolute atomic E-state index is 13.1. The van der Waals surface area contributed by atoms with E-state index in [0.29, 0.717) is 23.0 Å². The molecule has 1 aromatic heterocycles. The van der Waals surface area contributed by atoms with Crippen LogP contribution in [0.25, 0.3) is 0 Å². The highest BCUT2D eigenvalue weighted by Crippen LogP contribution is 2.27. The first-order chi connectivity index (χ1) is 13.2. The summed E-state index contributed by atoms with van der Waals surface area (Å²) < 4.78 is 35.1. The molecule has 0 unspecified atom stereocenters. The minimum atomic E-state index is -3.13. The molecular weight excluding hydrogens is 402 g/mol. The van der Waals surface area contributed by atoms with Crippen molar-refractivity contribution in [2.75, 3.05) is 11.5 Å². The van der Waals surface area contributed by atoms with Crippen LogP contribution in [0.15, 0.2) is 34.9 Å². The van der Waals surface area contributed by atoms with Crippen LogP contribution in [0.2, 0.25) is 5.02 Å². The molecule has 6 nitrogen and oxygen atoms in total. The number of ether oxygens (including phenoxy) is 1. The highest BCUT2D eigenvalue weighted by atomic mass is 35.5. The second-order valence-corrected chi connectivity index (χ2v) is 9.84.